The monoisotopic (exact) mass is 316 g/mol. The van der Waals surface area contributed by atoms with E-state index < -0.39 is 11.9 Å². The molecule has 1 N–H and O–H groups in total. The van der Waals surface area contributed by atoms with E-state index >= 15 is 0 Å². The molecule has 0 aliphatic heterocycles. The Morgan fingerprint density at radius 2 is 2.22 bits per heavy atom. The van der Waals surface area contributed by atoms with Gasteiger partial charge >= 0.3 is 11.9 Å². The first-order valence-corrected chi connectivity index (χ1v) is 5.93. The molecule has 7 heteroatoms. The molecule has 0 aliphatic rings. The molecule has 1 aromatic rings. The summed E-state index contributed by atoms with van der Waals surface area (Å²) in [5, 5.41) is 0. The second-order valence-electron chi connectivity index (χ2n) is 3.14. The highest BCUT2D eigenvalue weighted by Crippen LogP contribution is 2.08. The number of carbonyl (C=O) groups excluding carboxylic acids is 2. The SMILES string of the molecule is CCOC(=O)/C(=C/Nn1ccc(Br)c1)C(=O)OC. The minimum Gasteiger partial charge on any atom is -0.465 e. The molecule has 0 radical (unpaired) electrons. The fourth-order valence-corrected chi connectivity index (χ4v) is 1.45. The van der Waals surface area contributed by atoms with E-state index in [4.69, 9.17) is 4.74 Å². The van der Waals surface area contributed by atoms with Gasteiger partial charge in [-0.3, -0.25) is 4.68 Å². The Kier molecular flexibility index (Phi) is 5.44. The molecule has 0 saturated heterocycles. The molecule has 0 aromatic carbocycles. The Labute approximate surface area is 113 Å². The lowest BCUT2D eigenvalue weighted by atomic mass is 10.3. The number of carbonyl (C=O) groups is 2. The minimum absolute atomic E-state index is 0.183. The lowest BCUT2D eigenvalue weighted by Gasteiger charge is -2.06. The molecule has 0 bridgehead atoms. The zero-order chi connectivity index (χ0) is 13.5. The Balaban J connectivity index is 2.82. The molecule has 0 spiro atoms. The Hall–Kier alpha value is -1.76. The highest BCUT2D eigenvalue weighted by atomic mass is 79.9. The summed E-state index contributed by atoms with van der Waals surface area (Å²) >= 11 is 3.27. The van der Waals surface area contributed by atoms with Crippen LogP contribution in [-0.2, 0) is 19.1 Å². The Bertz CT molecular complexity index is 467. The van der Waals surface area contributed by atoms with Gasteiger partial charge in [0, 0.05) is 23.1 Å². The van der Waals surface area contributed by atoms with Crippen LogP contribution in [0.15, 0.2) is 34.7 Å². The number of hydrogen-bond acceptors (Lipinski definition) is 5. The molecule has 98 valence electrons. The van der Waals surface area contributed by atoms with Crippen molar-refractivity contribution in [2.45, 2.75) is 6.92 Å². The van der Waals surface area contributed by atoms with Crippen LogP contribution in [0.3, 0.4) is 0 Å². The van der Waals surface area contributed by atoms with Crippen LogP contribution >= 0.6 is 15.9 Å². The number of nitrogens with one attached hydrogen (secondary N) is 1. The molecule has 0 unspecified atom stereocenters. The molecule has 0 atom stereocenters. The molecule has 0 aliphatic carbocycles. The number of nitrogens with zero attached hydrogens (tertiary/aromatic N) is 1. The maximum atomic E-state index is 11.5. The molecule has 0 amide bonds. The van der Waals surface area contributed by atoms with Gasteiger partial charge in [0.1, 0.15) is 0 Å². The van der Waals surface area contributed by atoms with Crippen molar-refractivity contribution in [2.24, 2.45) is 0 Å². The maximum Gasteiger partial charge on any atom is 0.347 e. The predicted molar refractivity (Wildman–Crippen MR) is 68.2 cm³/mol. The third kappa shape index (κ3) is 3.92. The van der Waals surface area contributed by atoms with E-state index in [1.807, 2.05) is 0 Å². The fraction of sp³-hybridized carbons (Fsp3) is 0.273. The molecule has 1 rings (SSSR count). The van der Waals surface area contributed by atoms with Gasteiger partial charge in [-0.2, -0.15) is 0 Å². The first-order valence-electron chi connectivity index (χ1n) is 5.14. The van der Waals surface area contributed by atoms with E-state index in [1.54, 1.807) is 30.1 Å². The molecule has 0 fully saturated rings. The smallest absolute Gasteiger partial charge is 0.347 e. The van der Waals surface area contributed by atoms with E-state index in [9.17, 15) is 9.59 Å². The minimum atomic E-state index is -0.757. The van der Waals surface area contributed by atoms with Crippen LogP contribution in [0.4, 0.5) is 0 Å². The van der Waals surface area contributed by atoms with Gasteiger partial charge in [0.25, 0.3) is 0 Å². The van der Waals surface area contributed by atoms with Crippen molar-refractivity contribution in [3.05, 3.63) is 34.7 Å². The molecule has 0 saturated carbocycles. The van der Waals surface area contributed by atoms with Gasteiger partial charge in [-0.25, -0.2) is 9.59 Å². The van der Waals surface area contributed by atoms with Gasteiger partial charge < -0.3 is 14.9 Å². The summed E-state index contributed by atoms with van der Waals surface area (Å²) in [6.45, 7) is 1.84. The predicted octanol–water partition coefficient (Wildman–Crippen LogP) is 1.41. The third-order valence-electron chi connectivity index (χ3n) is 1.92. The van der Waals surface area contributed by atoms with Crippen molar-refractivity contribution in [3.63, 3.8) is 0 Å². The van der Waals surface area contributed by atoms with Gasteiger partial charge in [0.15, 0.2) is 5.57 Å². The van der Waals surface area contributed by atoms with Gasteiger partial charge in [0.2, 0.25) is 0 Å². The molecular weight excluding hydrogens is 304 g/mol. The number of hydrogen-bond donors (Lipinski definition) is 1. The van der Waals surface area contributed by atoms with Crippen molar-refractivity contribution in [3.8, 4) is 0 Å². The normalized spacial score (nSPS) is 10.9. The van der Waals surface area contributed by atoms with E-state index in [2.05, 4.69) is 26.1 Å². The zero-order valence-corrected chi connectivity index (χ0v) is 11.6. The summed E-state index contributed by atoms with van der Waals surface area (Å²) in [4.78, 5) is 22.9. The second-order valence-corrected chi connectivity index (χ2v) is 4.05. The first-order chi connectivity index (χ1) is 8.58. The third-order valence-corrected chi connectivity index (χ3v) is 2.38. The topological polar surface area (TPSA) is 69.6 Å². The number of methoxy groups -OCH3 is 1. The largest absolute Gasteiger partial charge is 0.465 e. The summed E-state index contributed by atoms with van der Waals surface area (Å²) in [5.74, 6) is -1.49. The van der Waals surface area contributed by atoms with E-state index in [0.717, 1.165) is 4.47 Å². The number of halogens is 1. The molecule has 1 heterocycles. The van der Waals surface area contributed by atoms with Gasteiger partial charge in [-0.1, -0.05) is 0 Å². The maximum absolute atomic E-state index is 11.5. The lowest BCUT2D eigenvalue weighted by Crippen LogP contribution is -2.20. The van der Waals surface area contributed by atoms with Crippen molar-refractivity contribution in [2.75, 3.05) is 19.1 Å². The van der Waals surface area contributed by atoms with E-state index in [0.29, 0.717) is 0 Å². The van der Waals surface area contributed by atoms with E-state index in [-0.39, 0.29) is 12.2 Å². The fourth-order valence-electron chi connectivity index (χ4n) is 1.11. The van der Waals surface area contributed by atoms with Gasteiger partial charge in [-0.05, 0) is 28.9 Å². The summed E-state index contributed by atoms with van der Waals surface area (Å²) in [5.41, 5.74) is 2.54. The highest BCUT2D eigenvalue weighted by Gasteiger charge is 2.20. The second kappa shape index (κ2) is 6.85. The quantitative estimate of drug-likeness (QED) is 0.385. The van der Waals surface area contributed by atoms with Crippen molar-refractivity contribution >= 4 is 27.9 Å². The van der Waals surface area contributed by atoms with Gasteiger partial charge in [-0.15, -0.1) is 0 Å². The summed E-state index contributed by atoms with van der Waals surface area (Å²) in [6.07, 6.45) is 4.66. The Morgan fingerprint density at radius 1 is 1.50 bits per heavy atom. The molecular formula is C11H13BrN2O4. The summed E-state index contributed by atoms with van der Waals surface area (Å²) in [6, 6.07) is 1.79. The summed E-state index contributed by atoms with van der Waals surface area (Å²) in [7, 11) is 1.20. The molecule has 6 nitrogen and oxygen atoms in total. The summed E-state index contributed by atoms with van der Waals surface area (Å²) < 4.78 is 11.7. The number of esters is 2. The average Bonchev–Trinajstić information content (AvgIpc) is 2.75. The van der Waals surface area contributed by atoms with Crippen molar-refractivity contribution in [1.29, 1.82) is 0 Å². The Morgan fingerprint density at radius 3 is 2.72 bits per heavy atom. The number of aromatic nitrogens is 1. The number of ether oxygens (including phenoxy) is 2. The van der Waals surface area contributed by atoms with Crippen LogP contribution in [-0.4, -0.2) is 30.3 Å². The molecule has 18 heavy (non-hydrogen) atoms. The van der Waals surface area contributed by atoms with Crippen molar-refractivity contribution in [1.82, 2.24) is 4.68 Å². The van der Waals surface area contributed by atoms with Crippen LogP contribution in [0.5, 0.6) is 0 Å². The van der Waals surface area contributed by atoms with Gasteiger partial charge in [0.05, 0.1) is 13.7 Å². The van der Waals surface area contributed by atoms with Crippen LogP contribution in [0.2, 0.25) is 0 Å². The number of rotatable bonds is 5. The standard InChI is InChI=1S/C11H13BrN2O4/c1-3-18-11(16)9(10(15)17-2)6-13-14-5-4-8(12)7-14/h4-7,13H,3H2,1-2H3/b9-6+. The van der Waals surface area contributed by atoms with Crippen LogP contribution in [0.1, 0.15) is 6.92 Å². The highest BCUT2D eigenvalue weighted by molar-refractivity contribution is 9.10. The van der Waals surface area contributed by atoms with Crippen LogP contribution < -0.4 is 5.43 Å². The van der Waals surface area contributed by atoms with Crippen molar-refractivity contribution < 1.29 is 19.1 Å². The lowest BCUT2D eigenvalue weighted by molar-refractivity contribution is -0.145. The van der Waals surface area contributed by atoms with Crippen LogP contribution in [0.25, 0.3) is 0 Å². The van der Waals surface area contributed by atoms with E-state index in [1.165, 1.54) is 13.3 Å². The average molecular weight is 317 g/mol. The molecule has 1 aromatic heterocycles. The first kappa shape index (κ1) is 14.3. The zero-order valence-electron chi connectivity index (χ0n) is 9.97. The van der Waals surface area contributed by atoms with Crippen LogP contribution in [0, 0.1) is 0 Å².